The molecule has 0 radical (unpaired) electrons. The molecule has 0 spiro atoms. The molecule has 0 atom stereocenters. The normalized spacial score (nSPS) is 11.7. The Morgan fingerprint density at radius 3 is 2.75 bits per heavy atom. The molecule has 0 unspecified atom stereocenters. The molecule has 3 rings (SSSR count). The number of aromatic nitrogens is 2. The fourth-order valence-electron chi connectivity index (χ4n) is 1.94. The number of hydrogen-bond acceptors (Lipinski definition) is 4. The molecular weight excluding hydrogens is 250 g/mol. The zero-order valence-electron chi connectivity index (χ0n) is 10.7. The third-order valence-electron chi connectivity index (χ3n) is 2.91. The summed E-state index contributed by atoms with van der Waals surface area (Å²) < 4.78 is 0. The van der Waals surface area contributed by atoms with Gasteiger partial charge in [-0.1, -0.05) is 18.2 Å². The molecule has 0 saturated heterocycles. The number of anilines is 1. The maximum Gasteiger partial charge on any atom is 0.152 e. The number of para-hydroxylation sites is 1. The molecule has 2 aromatic heterocycles. The van der Waals surface area contributed by atoms with Crippen molar-refractivity contribution in [3.8, 4) is 0 Å². The van der Waals surface area contributed by atoms with Crippen molar-refractivity contribution in [2.24, 2.45) is 10.7 Å². The highest BCUT2D eigenvalue weighted by Gasteiger charge is 2.05. The number of nitrogen functional groups attached to an aromatic ring is 1. The van der Waals surface area contributed by atoms with E-state index in [-0.39, 0.29) is 5.84 Å². The SMILES string of the molecule is NC(=Nc1cnc2ccccc2c1)c1ncccc1N. The molecule has 1 aromatic carbocycles. The Hall–Kier alpha value is -2.95. The van der Waals surface area contributed by atoms with Crippen molar-refractivity contribution in [1.82, 2.24) is 9.97 Å². The number of hydrogen-bond donors (Lipinski definition) is 2. The summed E-state index contributed by atoms with van der Waals surface area (Å²) in [4.78, 5) is 12.8. The standard InChI is InChI=1S/C15H13N5/c16-12-5-3-7-18-14(12)15(17)20-11-8-10-4-1-2-6-13(10)19-9-11/h1-9H,16H2,(H2,17,20). The van der Waals surface area contributed by atoms with E-state index < -0.39 is 0 Å². The Balaban J connectivity index is 2.03. The largest absolute Gasteiger partial charge is 0.397 e. The molecule has 5 heteroatoms. The van der Waals surface area contributed by atoms with Crippen molar-refractivity contribution in [3.05, 3.63) is 60.6 Å². The summed E-state index contributed by atoms with van der Waals surface area (Å²) in [5.41, 5.74) is 14.4. The Kier molecular flexibility index (Phi) is 3.01. The van der Waals surface area contributed by atoms with Gasteiger partial charge in [-0.3, -0.25) is 9.97 Å². The molecule has 98 valence electrons. The van der Waals surface area contributed by atoms with Crippen molar-refractivity contribution in [3.63, 3.8) is 0 Å². The van der Waals surface area contributed by atoms with Gasteiger partial charge in [0.25, 0.3) is 0 Å². The number of pyridine rings is 2. The molecule has 5 nitrogen and oxygen atoms in total. The second kappa shape index (κ2) is 4.97. The molecule has 2 heterocycles. The van der Waals surface area contributed by atoms with Crippen molar-refractivity contribution >= 4 is 28.1 Å². The first-order chi connectivity index (χ1) is 9.74. The molecule has 0 aliphatic heterocycles. The van der Waals surface area contributed by atoms with E-state index in [0.29, 0.717) is 17.1 Å². The van der Waals surface area contributed by atoms with Crippen LogP contribution in [0.3, 0.4) is 0 Å². The number of benzene rings is 1. The number of rotatable bonds is 2. The highest BCUT2D eigenvalue weighted by Crippen LogP contribution is 2.19. The zero-order valence-corrected chi connectivity index (χ0v) is 10.7. The molecule has 3 aromatic rings. The van der Waals surface area contributed by atoms with E-state index in [0.717, 1.165) is 10.9 Å². The van der Waals surface area contributed by atoms with Crippen molar-refractivity contribution in [2.45, 2.75) is 0 Å². The third-order valence-corrected chi connectivity index (χ3v) is 2.91. The van der Waals surface area contributed by atoms with Gasteiger partial charge < -0.3 is 11.5 Å². The first-order valence-electron chi connectivity index (χ1n) is 6.14. The van der Waals surface area contributed by atoms with Crippen LogP contribution in [0.2, 0.25) is 0 Å². The second-order valence-corrected chi connectivity index (χ2v) is 4.32. The highest BCUT2D eigenvalue weighted by atomic mass is 14.9. The van der Waals surface area contributed by atoms with E-state index in [9.17, 15) is 0 Å². The molecule has 4 N–H and O–H groups in total. The Morgan fingerprint density at radius 2 is 1.90 bits per heavy atom. The quantitative estimate of drug-likeness (QED) is 0.548. The fourth-order valence-corrected chi connectivity index (χ4v) is 1.94. The van der Waals surface area contributed by atoms with Crippen LogP contribution >= 0.6 is 0 Å². The summed E-state index contributed by atoms with van der Waals surface area (Å²) in [6.45, 7) is 0. The van der Waals surface area contributed by atoms with Crippen molar-refractivity contribution in [1.29, 1.82) is 0 Å². The van der Waals surface area contributed by atoms with Crippen LogP contribution in [0.25, 0.3) is 10.9 Å². The van der Waals surface area contributed by atoms with Crippen molar-refractivity contribution in [2.75, 3.05) is 5.73 Å². The van der Waals surface area contributed by atoms with E-state index in [1.165, 1.54) is 0 Å². The minimum Gasteiger partial charge on any atom is -0.397 e. The number of amidine groups is 1. The lowest BCUT2D eigenvalue weighted by molar-refractivity contribution is 1.27. The number of nitrogens with zero attached hydrogens (tertiary/aromatic N) is 3. The van der Waals surface area contributed by atoms with Crippen LogP contribution in [0.5, 0.6) is 0 Å². The molecule has 0 saturated carbocycles. The van der Waals surface area contributed by atoms with E-state index in [1.807, 2.05) is 30.3 Å². The van der Waals surface area contributed by atoms with E-state index in [2.05, 4.69) is 15.0 Å². The summed E-state index contributed by atoms with van der Waals surface area (Å²) in [6, 6.07) is 13.2. The van der Waals surface area contributed by atoms with Gasteiger partial charge in [0.1, 0.15) is 5.69 Å². The maximum absolute atomic E-state index is 5.95. The molecule has 0 aliphatic rings. The topological polar surface area (TPSA) is 90.2 Å². The second-order valence-electron chi connectivity index (χ2n) is 4.32. The van der Waals surface area contributed by atoms with Crippen LogP contribution in [-0.2, 0) is 0 Å². The van der Waals surface area contributed by atoms with Crippen LogP contribution in [0.4, 0.5) is 11.4 Å². The van der Waals surface area contributed by atoms with Crippen LogP contribution in [0, 0.1) is 0 Å². The molecule has 0 bridgehead atoms. The van der Waals surface area contributed by atoms with E-state index in [4.69, 9.17) is 11.5 Å². The molecule has 0 amide bonds. The lowest BCUT2D eigenvalue weighted by Gasteiger charge is -2.04. The fraction of sp³-hybridized carbons (Fsp3) is 0. The Bertz CT molecular complexity index is 795. The average Bonchev–Trinajstić information content (AvgIpc) is 2.47. The van der Waals surface area contributed by atoms with Gasteiger partial charge in [0.15, 0.2) is 5.84 Å². The highest BCUT2D eigenvalue weighted by molar-refractivity contribution is 6.01. The lowest BCUT2D eigenvalue weighted by atomic mass is 10.2. The predicted molar refractivity (Wildman–Crippen MR) is 80.8 cm³/mol. The Morgan fingerprint density at radius 1 is 1.05 bits per heavy atom. The van der Waals surface area contributed by atoms with Gasteiger partial charge in [-0.25, -0.2) is 4.99 Å². The lowest BCUT2D eigenvalue weighted by Crippen LogP contribution is -2.16. The monoisotopic (exact) mass is 263 g/mol. The predicted octanol–water partition coefficient (Wildman–Crippen LogP) is 2.25. The summed E-state index contributed by atoms with van der Waals surface area (Å²) in [6.07, 6.45) is 3.31. The molecule has 20 heavy (non-hydrogen) atoms. The van der Waals surface area contributed by atoms with Gasteiger partial charge in [-0.15, -0.1) is 0 Å². The van der Waals surface area contributed by atoms with Gasteiger partial charge in [-0.2, -0.15) is 0 Å². The van der Waals surface area contributed by atoms with Gasteiger partial charge in [0.2, 0.25) is 0 Å². The smallest absolute Gasteiger partial charge is 0.152 e. The average molecular weight is 263 g/mol. The molecule has 0 fully saturated rings. The zero-order chi connectivity index (χ0) is 13.9. The van der Waals surface area contributed by atoms with Crippen LogP contribution < -0.4 is 11.5 Å². The summed E-state index contributed by atoms with van der Waals surface area (Å²) >= 11 is 0. The van der Waals surface area contributed by atoms with Crippen LogP contribution in [-0.4, -0.2) is 15.8 Å². The minimum absolute atomic E-state index is 0.278. The van der Waals surface area contributed by atoms with Gasteiger partial charge in [0, 0.05) is 11.6 Å². The van der Waals surface area contributed by atoms with Gasteiger partial charge in [-0.05, 0) is 24.3 Å². The number of fused-ring (bicyclic) bond motifs is 1. The summed E-state index contributed by atoms with van der Waals surface area (Å²) in [7, 11) is 0. The third kappa shape index (κ3) is 2.29. The maximum atomic E-state index is 5.95. The van der Waals surface area contributed by atoms with E-state index >= 15 is 0 Å². The van der Waals surface area contributed by atoms with Crippen molar-refractivity contribution < 1.29 is 0 Å². The molecule has 0 aliphatic carbocycles. The van der Waals surface area contributed by atoms with Crippen LogP contribution in [0.1, 0.15) is 5.69 Å². The number of aliphatic imine (C=N–C) groups is 1. The summed E-state index contributed by atoms with van der Waals surface area (Å²) in [5.74, 6) is 0.278. The number of nitrogens with two attached hydrogens (primary N) is 2. The van der Waals surface area contributed by atoms with Gasteiger partial charge >= 0.3 is 0 Å². The van der Waals surface area contributed by atoms with Crippen LogP contribution in [0.15, 0.2) is 59.9 Å². The first kappa shape index (κ1) is 12.1. The summed E-state index contributed by atoms with van der Waals surface area (Å²) in [5, 5.41) is 1.01. The van der Waals surface area contributed by atoms with Gasteiger partial charge in [0.05, 0.1) is 23.1 Å². The Labute approximate surface area is 116 Å². The van der Waals surface area contributed by atoms with E-state index in [1.54, 1.807) is 24.5 Å². The first-order valence-corrected chi connectivity index (χ1v) is 6.14. The minimum atomic E-state index is 0.278. The molecular formula is C15H13N5.